The summed E-state index contributed by atoms with van der Waals surface area (Å²) >= 11 is 0. The van der Waals surface area contributed by atoms with E-state index in [1.54, 1.807) is 6.33 Å². The summed E-state index contributed by atoms with van der Waals surface area (Å²) in [4.78, 5) is 0. The summed E-state index contributed by atoms with van der Waals surface area (Å²) in [6.45, 7) is 3.64. The molecule has 1 saturated carbocycles. The van der Waals surface area contributed by atoms with E-state index in [1.807, 2.05) is 4.57 Å². The lowest BCUT2D eigenvalue weighted by Crippen LogP contribution is -2.35. The first kappa shape index (κ1) is 10.6. The molecule has 2 atom stereocenters. The van der Waals surface area contributed by atoms with Crippen molar-refractivity contribution in [2.24, 2.45) is 0 Å². The van der Waals surface area contributed by atoms with Crippen LogP contribution in [0.25, 0.3) is 0 Å². The molecule has 1 fully saturated rings. The first-order chi connectivity index (χ1) is 7.31. The summed E-state index contributed by atoms with van der Waals surface area (Å²) in [5.74, 6) is 0.941. The number of nitrogens with one attached hydrogen (secondary N) is 1. The van der Waals surface area contributed by atoms with Crippen LogP contribution in [0.5, 0.6) is 0 Å². The highest BCUT2D eigenvalue weighted by molar-refractivity contribution is 4.89. The number of aliphatic hydroxyl groups excluding tert-OH is 1. The van der Waals surface area contributed by atoms with E-state index >= 15 is 0 Å². The molecule has 84 valence electrons. The van der Waals surface area contributed by atoms with Gasteiger partial charge in [0.1, 0.15) is 12.2 Å². The van der Waals surface area contributed by atoms with Gasteiger partial charge in [0.05, 0.1) is 12.6 Å². The molecular formula is C10H18N4O. The van der Waals surface area contributed by atoms with Gasteiger partial charge in [-0.3, -0.25) is 0 Å². The van der Waals surface area contributed by atoms with Gasteiger partial charge >= 0.3 is 0 Å². The number of hydrogen-bond donors (Lipinski definition) is 2. The smallest absolute Gasteiger partial charge is 0.146 e. The lowest BCUT2D eigenvalue weighted by molar-refractivity contribution is 0.148. The SMILES string of the molecule is CCn1cnnc1CNC1CCCC1O. The number of hydrogen-bond acceptors (Lipinski definition) is 4. The van der Waals surface area contributed by atoms with Crippen molar-refractivity contribution in [1.29, 1.82) is 0 Å². The molecule has 0 amide bonds. The van der Waals surface area contributed by atoms with Gasteiger partial charge in [0.15, 0.2) is 0 Å². The van der Waals surface area contributed by atoms with Crippen LogP contribution < -0.4 is 5.32 Å². The molecule has 2 N–H and O–H groups in total. The van der Waals surface area contributed by atoms with Crippen LogP contribution in [-0.2, 0) is 13.1 Å². The standard InChI is InChI=1S/C10H18N4O/c1-2-14-7-12-13-10(14)6-11-8-4-3-5-9(8)15/h7-9,11,15H,2-6H2,1H3. The first-order valence-electron chi connectivity index (χ1n) is 5.59. The second kappa shape index (κ2) is 4.72. The zero-order chi connectivity index (χ0) is 10.7. The predicted octanol–water partition coefficient (Wildman–Crippen LogP) is 0.301. The van der Waals surface area contributed by atoms with E-state index < -0.39 is 0 Å². The largest absolute Gasteiger partial charge is 0.392 e. The minimum Gasteiger partial charge on any atom is -0.392 e. The third kappa shape index (κ3) is 2.35. The van der Waals surface area contributed by atoms with Gasteiger partial charge in [-0.25, -0.2) is 0 Å². The van der Waals surface area contributed by atoms with Gasteiger partial charge in [0, 0.05) is 12.6 Å². The van der Waals surface area contributed by atoms with Crippen molar-refractivity contribution in [3.8, 4) is 0 Å². The zero-order valence-corrected chi connectivity index (χ0v) is 9.06. The Labute approximate surface area is 89.5 Å². The Hall–Kier alpha value is -0.940. The highest BCUT2D eigenvalue weighted by atomic mass is 16.3. The first-order valence-corrected chi connectivity index (χ1v) is 5.59. The summed E-state index contributed by atoms with van der Waals surface area (Å²) < 4.78 is 2.01. The van der Waals surface area contributed by atoms with E-state index in [2.05, 4.69) is 22.4 Å². The van der Waals surface area contributed by atoms with E-state index in [1.165, 1.54) is 0 Å². The lowest BCUT2D eigenvalue weighted by Gasteiger charge is -2.15. The molecule has 1 aromatic rings. The predicted molar refractivity (Wildman–Crippen MR) is 56.2 cm³/mol. The average Bonchev–Trinajstić information content (AvgIpc) is 2.83. The molecule has 15 heavy (non-hydrogen) atoms. The van der Waals surface area contributed by atoms with Crippen LogP contribution in [0.3, 0.4) is 0 Å². The molecule has 0 aliphatic heterocycles. The summed E-state index contributed by atoms with van der Waals surface area (Å²) in [7, 11) is 0. The van der Waals surface area contributed by atoms with Crippen molar-refractivity contribution in [2.45, 2.75) is 51.4 Å². The summed E-state index contributed by atoms with van der Waals surface area (Å²) in [5.41, 5.74) is 0. The Morgan fingerprint density at radius 2 is 2.47 bits per heavy atom. The molecule has 5 heteroatoms. The molecule has 2 unspecified atom stereocenters. The number of aliphatic hydroxyl groups is 1. The van der Waals surface area contributed by atoms with Crippen LogP contribution in [0, 0.1) is 0 Å². The molecule has 5 nitrogen and oxygen atoms in total. The molecule has 0 bridgehead atoms. The molecule has 1 aliphatic rings. The summed E-state index contributed by atoms with van der Waals surface area (Å²) in [6.07, 6.45) is 4.63. The van der Waals surface area contributed by atoms with Crippen molar-refractivity contribution in [3.63, 3.8) is 0 Å². The Morgan fingerprint density at radius 3 is 3.13 bits per heavy atom. The van der Waals surface area contributed by atoms with Crippen LogP contribution in [-0.4, -0.2) is 32.0 Å². The van der Waals surface area contributed by atoms with Gasteiger partial charge in [-0.05, 0) is 26.2 Å². The van der Waals surface area contributed by atoms with Crippen molar-refractivity contribution in [1.82, 2.24) is 20.1 Å². The van der Waals surface area contributed by atoms with Gasteiger partial charge in [-0.15, -0.1) is 10.2 Å². The Bertz CT molecular complexity index is 312. The van der Waals surface area contributed by atoms with Crippen LogP contribution in [0.2, 0.25) is 0 Å². The second-order valence-corrected chi connectivity index (χ2v) is 4.02. The summed E-state index contributed by atoms with van der Waals surface area (Å²) in [5, 5.41) is 20.9. The minimum absolute atomic E-state index is 0.192. The van der Waals surface area contributed by atoms with E-state index in [0.717, 1.165) is 31.6 Å². The molecule has 1 aromatic heterocycles. The highest BCUT2D eigenvalue weighted by Crippen LogP contribution is 2.18. The van der Waals surface area contributed by atoms with Gasteiger partial charge in [0.2, 0.25) is 0 Å². The fourth-order valence-electron chi connectivity index (χ4n) is 2.08. The quantitative estimate of drug-likeness (QED) is 0.750. The molecule has 2 rings (SSSR count). The average molecular weight is 210 g/mol. The second-order valence-electron chi connectivity index (χ2n) is 4.02. The zero-order valence-electron chi connectivity index (χ0n) is 9.06. The Balaban J connectivity index is 1.87. The fraction of sp³-hybridized carbons (Fsp3) is 0.800. The van der Waals surface area contributed by atoms with Gasteiger partial charge in [0.25, 0.3) is 0 Å². The van der Waals surface area contributed by atoms with Crippen LogP contribution in [0.1, 0.15) is 32.0 Å². The molecule has 0 radical (unpaired) electrons. The van der Waals surface area contributed by atoms with Crippen LogP contribution >= 0.6 is 0 Å². The third-order valence-corrected chi connectivity index (χ3v) is 3.04. The molecule has 0 saturated heterocycles. The van der Waals surface area contributed by atoms with Crippen molar-refractivity contribution in [3.05, 3.63) is 12.2 Å². The van der Waals surface area contributed by atoms with Crippen LogP contribution in [0.4, 0.5) is 0 Å². The van der Waals surface area contributed by atoms with Crippen molar-refractivity contribution >= 4 is 0 Å². The van der Waals surface area contributed by atoms with E-state index in [9.17, 15) is 5.11 Å². The van der Waals surface area contributed by atoms with E-state index in [4.69, 9.17) is 0 Å². The lowest BCUT2D eigenvalue weighted by atomic mass is 10.2. The van der Waals surface area contributed by atoms with Gasteiger partial charge in [-0.1, -0.05) is 0 Å². The Kier molecular flexibility index (Phi) is 3.33. The highest BCUT2D eigenvalue weighted by Gasteiger charge is 2.24. The molecule has 1 heterocycles. The molecular weight excluding hydrogens is 192 g/mol. The normalized spacial score (nSPS) is 26.0. The Morgan fingerprint density at radius 1 is 1.60 bits per heavy atom. The monoisotopic (exact) mass is 210 g/mol. The molecule has 0 spiro atoms. The van der Waals surface area contributed by atoms with Crippen molar-refractivity contribution < 1.29 is 5.11 Å². The summed E-state index contributed by atoms with van der Waals surface area (Å²) in [6, 6.07) is 0.229. The maximum Gasteiger partial charge on any atom is 0.146 e. The maximum absolute atomic E-state index is 9.64. The van der Waals surface area contributed by atoms with Crippen LogP contribution in [0.15, 0.2) is 6.33 Å². The minimum atomic E-state index is -0.192. The molecule has 1 aliphatic carbocycles. The maximum atomic E-state index is 9.64. The van der Waals surface area contributed by atoms with Crippen molar-refractivity contribution in [2.75, 3.05) is 0 Å². The number of aromatic nitrogens is 3. The molecule has 0 aromatic carbocycles. The van der Waals surface area contributed by atoms with E-state index in [-0.39, 0.29) is 12.1 Å². The fourth-order valence-corrected chi connectivity index (χ4v) is 2.08. The van der Waals surface area contributed by atoms with E-state index in [0.29, 0.717) is 6.54 Å². The number of nitrogens with zero attached hydrogens (tertiary/aromatic N) is 3. The van der Waals surface area contributed by atoms with Gasteiger partial charge in [-0.2, -0.15) is 0 Å². The topological polar surface area (TPSA) is 63.0 Å². The van der Waals surface area contributed by atoms with Gasteiger partial charge < -0.3 is 15.0 Å². The number of aryl methyl sites for hydroxylation is 1. The number of rotatable bonds is 4. The third-order valence-electron chi connectivity index (χ3n) is 3.04.